The lowest BCUT2D eigenvalue weighted by atomic mass is 9.99. The number of hydrogen-bond acceptors (Lipinski definition) is 2. The molecule has 1 saturated heterocycles. The Kier molecular flexibility index (Phi) is 3.51. The SMILES string of the molecule is O=C(NCCC1CNC1)c1cccc(F)c1. The number of amides is 1. The summed E-state index contributed by atoms with van der Waals surface area (Å²) in [5.41, 5.74) is 0.381. The van der Waals surface area contributed by atoms with E-state index in [0.29, 0.717) is 18.0 Å². The van der Waals surface area contributed by atoms with E-state index in [2.05, 4.69) is 10.6 Å². The summed E-state index contributed by atoms with van der Waals surface area (Å²) < 4.78 is 12.9. The van der Waals surface area contributed by atoms with Crippen LogP contribution < -0.4 is 10.6 Å². The van der Waals surface area contributed by atoms with Gasteiger partial charge in [0.25, 0.3) is 5.91 Å². The van der Waals surface area contributed by atoms with E-state index in [4.69, 9.17) is 0 Å². The number of benzene rings is 1. The van der Waals surface area contributed by atoms with E-state index in [1.54, 1.807) is 12.1 Å². The Balaban J connectivity index is 1.78. The predicted octanol–water partition coefficient (Wildman–Crippen LogP) is 1.17. The fourth-order valence-electron chi connectivity index (χ4n) is 1.67. The highest BCUT2D eigenvalue weighted by Crippen LogP contribution is 2.07. The highest BCUT2D eigenvalue weighted by atomic mass is 19.1. The number of hydrogen-bond donors (Lipinski definition) is 2. The first-order valence-electron chi connectivity index (χ1n) is 5.50. The zero-order chi connectivity index (χ0) is 11.4. The lowest BCUT2D eigenvalue weighted by Gasteiger charge is -2.26. The third-order valence-electron chi connectivity index (χ3n) is 2.79. The van der Waals surface area contributed by atoms with Gasteiger partial charge in [-0.15, -0.1) is 0 Å². The normalized spacial score (nSPS) is 15.6. The van der Waals surface area contributed by atoms with Crippen molar-refractivity contribution in [2.45, 2.75) is 6.42 Å². The molecule has 1 heterocycles. The molecule has 1 fully saturated rings. The molecule has 0 bridgehead atoms. The van der Waals surface area contributed by atoms with Crippen LogP contribution in [-0.4, -0.2) is 25.5 Å². The third kappa shape index (κ3) is 2.79. The molecule has 1 aromatic carbocycles. The van der Waals surface area contributed by atoms with Gasteiger partial charge in [0.1, 0.15) is 5.82 Å². The molecule has 2 N–H and O–H groups in total. The summed E-state index contributed by atoms with van der Waals surface area (Å²) in [6.07, 6.45) is 0.980. The number of halogens is 1. The predicted molar refractivity (Wildman–Crippen MR) is 59.7 cm³/mol. The van der Waals surface area contributed by atoms with Crippen LogP contribution in [0.4, 0.5) is 4.39 Å². The molecule has 0 spiro atoms. The van der Waals surface area contributed by atoms with Gasteiger partial charge in [-0.1, -0.05) is 6.07 Å². The molecule has 1 aromatic rings. The van der Waals surface area contributed by atoms with E-state index < -0.39 is 0 Å². The second kappa shape index (κ2) is 5.07. The van der Waals surface area contributed by atoms with Gasteiger partial charge in [-0.25, -0.2) is 4.39 Å². The lowest BCUT2D eigenvalue weighted by Crippen LogP contribution is -2.43. The van der Waals surface area contributed by atoms with Crippen LogP contribution in [0.1, 0.15) is 16.8 Å². The molecule has 1 aliphatic heterocycles. The van der Waals surface area contributed by atoms with Crippen molar-refractivity contribution in [2.75, 3.05) is 19.6 Å². The molecule has 3 nitrogen and oxygen atoms in total. The van der Waals surface area contributed by atoms with Gasteiger partial charge in [0.2, 0.25) is 0 Å². The molecular weight excluding hydrogens is 207 g/mol. The minimum atomic E-state index is -0.379. The van der Waals surface area contributed by atoms with Gasteiger partial charge in [0.15, 0.2) is 0 Å². The van der Waals surface area contributed by atoms with Crippen molar-refractivity contribution in [1.82, 2.24) is 10.6 Å². The third-order valence-corrected chi connectivity index (χ3v) is 2.79. The Hall–Kier alpha value is -1.42. The van der Waals surface area contributed by atoms with Crippen LogP contribution in [0.25, 0.3) is 0 Å². The molecule has 86 valence electrons. The summed E-state index contributed by atoms with van der Waals surface area (Å²) >= 11 is 0. The van der Waals surface area contributed by atoms with Crippen molar-refractivity contribution in [3.8, 4) is 0 Å². The maximum Gasteiger partial charge on any atom is 0.251 e. The van der Waals surface area contributed by atoms with Gasteiger partial charge in [-0.2, -0.15) is 0 Å². The van der Waals surface area contributed by atoms with Gasteiger partial charge in [-0.05, 0) is 43.6 Å². The number of nitrogens with one attached hydrogen (secondary N) is 2. The molecule has 1 aliphatic rings. The molecule has 0 atom stereocenters. The monoisotopic (exact) mass is 222 g/mol. The van der Waals surface area contributed by atoms with Crippen molar-refractivity contribution in [3.63, 3.8) is 0 Å². The second-order valence-electron chi connectivity index (χ2n) is 4.08. The molecule has 0 radical (unpaired) electrons. The van der Waals surface area contributed by atoms with E-state index in [9.17, 15) is 9.18 Å². The zero-order valence-electron chi connectivity index (χ0n) is 9.00. The van der Waals surface area contributed by atoms with E-state index in [1.165, 1.54) is 12.1 Å². The quantitative estimate of drug-likeness (QED) is 0.802. The van der Waals surface area contributed by atoms with Gasteiger partial charge >= 0.3 is 0 Å². The Morgan fingerprint density at radius 2 is 2.31 bits per heavy atom. The zero-order valence-corrected chi connectivity index (χ0v) is 9.00. The fraction of sp³-hybridized carbons (Fsp3) is 0.417. The standard InChI is InChI=1S/C12H15FN2O/c13-11-3-1-2-10(6-11)12(16)15-5-4-9-7-14-8-9/h1-3,6,9,14H,4-5,7-8H2,(H,15,16). The minimum absolute atomic E-state index is 0.202. The number of carbonyl (C=O) groups is 1. The molecule has 16 heavy (non-hydrogen) atoms. The maximum absolute atomic E-state index is 12.9. The second-order valence-corrected chi connectivity index (χ2v) is 4.08. The first-order valence-corrected chi connectivity index (χ1v) is 5.50. The maximum atomic E-state index is 12.9. The van der Waals surface area contributed by atoms with Gasteiger partial charge in [0.05, 0.1) is 0 Å². The average molecular weight is 222 g/mol. The molecule has 2 rings (SSSR count). The number of rotatable bonds is 4. The van der Waals surface area contributed by atoms with E-state index >= 15 is 0 Å². The summed E-state index contributed by atoms with van der Waals surface area (Å²) in [5.74, 6) is 0.0930. The Bertz CT molecular complexity index is 377. The van der Waals surface area contributed by atoms with Crippen molar-refractivity contribution in [2.24, 2.45) is 5.92 Å². The molecular formula is C12H15FN2O. The van der Waals surface area contributed by atoms with Gasteiger partial charge in [-0.3, -0.25) is 4.79 Å². The minimum Gasteiger partial charge on any atom is -0.352 e. The lowest BCUT2D eigenvalue weighted by molar-refractivity contribution is 0.0949. The van der Waals surface area contributed by atoms with Gasteiger partial charge in [0, 0.05) is 12.1 Å². The smallest absolute Gasteiger partial charge is 0.251 e. The van der Waals surface area contributed by atoms with Crippen LogP contribution in [0.15, 0.2) is 24.3 Å². The Morgan fingerprint density at radius 3 is 2.94 bits per heavy atom. The van der Waals surface area contributed by atoms with Crippen LogP contribution in [0.3, 0.4) is 0 Å². The summed E-state index contributed by atoms with van der Waals surface area (Å²) in [7, 11) is 0. The van der Waals surface area contributed by atoms with Crippen LogP contribution in [0.5, 0.6) is 0 Å². The summed E-state index contributed by atoms with van der Waals surface area (Å²) in [6.45, 7) is 2.73. The molecule has 0 aliphatic carbocycles. The van der Waals surface area contributed by atoms with Gasteiger partial charge < -0.3 is 10.6 Å². The molecule has 4 heteroatoms. The summed E-state index contributed by atoms with van der Waals surface area (Å²) in [6, 6.07) is 5.74. The average Bonchev–Trinajstić information content (AvgIpc) is 2.21. The Labute approximate surface area is 94.0 Å². The van der Waals surface area contributed by atoms with Crippen molar-refractivity contribution in [1.29, 1.82) is 0 Å². The Morgan fingerprint density at radius 1 is 1.50 bits per heavy atom. The summed E-state index contributed by atoms with van der Waals surface area (Å²) in [4.78, 5) is 11.6. The topological polar surface area (TPSA) is 41.1 Å². The number of carbonyl (C=O) groups excluding carboxylic acids is 1. The summed E-state index contributed by atoms with van der Waals surface area (Å²) in [5, 5.41) is 5.97. The fourth-order valence-corrected chi connectivity index (χ4v) is 1.67. The van der Waals surface area contributed by atoms with Crippen LogP contribution in [0, 0.1) is 11.7 Å². The van der Waals surface area contributed by atoms with Crippen LogP contribution >= 0.6 is 0 Å². The van der Waals surface area contributed by atoms with Crippen LogP contribution in [0.2, 0.25) is 0 Å². The van der Waals surface area contributed by atoms with Crippen molar-refractivity contribution >= 4 is 5.91 Å². The van der Waals surface area contributed by atoms with E-state index in [-0.39, 0.29) is 11.7 Å². The molecule has 0 aromatic heterocycles. The largest absolute Gasteiger partial charge is 0.352 e. The first-order chi connectivity index (χ1) is 7.75. The molecule has 1 amide bonds. The van der Waals surface area contributed by atoms with E-state index in [1.807, 2.05) is 0 Å². The van der Waals surface area contributed by atoms with Crippen molar-refractivity contribution < 1.29 is 9.18 Å². The highest BCUT2D eigenvalue weighted by Gasteiger charge is 2.16. The highest BCUT2D eigenvalue weighted by molar-refractivity contribution is 5.94. The van der Waals surface area contributed by atoms with Crippen molar-refractivity contribution in [3.05, 3.63) is 35.6 Å². The molecule has 0 saturated carbocycles. The first kappa shape index (κ1) is 11.1. The van der Waals surface area contributed by atoms with Crippen LogP contribution in [-0.2, 0) is 0 Å². The molecule has 0 unspecified atom stereocenters. The van der Waals surface area contributed by atoms with E-state index in [0.717, 1.165) is 19.5 Å².